The van der Waals surface area contributed by atoms with Gasteiger partial charge in [-0.1, -0.05) is 22.9 Å². The van der Waals surface area contributed by atoms with Crippen LogP contribution in [-0.4, -0.2) is 21.8 Å². The molecule has 0 radical (unpaired) electrons. The number of carbonyl (C=O) groups excluding carboxylic acids is 1. The Morgan fingerprint density at radius 3 is 2.50 bits per heavy atom. The standard InChI is InChI=1S/C21H33BrO2/c1-20(24)9-7-14-13(11-20)3-4-16-15(14)8-10-21(2)17(16)5-6-18(21)19(23)12-22/h13-18,24H,3-12H2,1-2H3/t13-,14?,15+,16?,17-,18+,20+,21-/m0/s1. The predicted octanol–water partition coefficient (Wildman–Crippen LogP) is 4.97. The van der Waals surface area contributed by atoms with Crippen molar-refractivity contribution in [2.24, 2.45) is 40.9 Å². The summed E-state index contributed by atoms with van der Waals surface area (Å²) in [5.41, 5.74) is -0.156. The first kappa shape index (κ1) is 17.5. The lowest BCUT2D eigenvalue weighted by atomic mass is 9.49. The molecule has 24 heavy (non-hydrogen) atoms. The molecule has 4 rings (SSSR count). The van der Waals surface area contributed by atoms with Crippen molar-refractivity contribution in [2.45, 2.75) is 77.2 Å². The fourth-order valence-corrected chi connectivity index (χ4v) is 8.09. The van der Waals surface area contributed by atoms with Gasteiger partial charge in [0, 0.05) is 5.92 Å². The van der Waals surface area contributed by atoms with Crippen molar-refractivity contribution < 1.29 is 9.90 Å². The van der Waals surface area contributed by atoms with Gasteiger partial charge in [-0.15, -0.1) is 0 Å². The number of alkyl halides is 1. The molecule has 0 aliphatic heterocycles. The van der Waals surface area contributed by atoms with E-state index in [4.69, 9.17) is 0 Å². The van der Waals surface area contributed by atoms with E-state index in [1.807, 2.05) is 6.92 Å². The number of hydrogen-bond donors (Lipinski definition) is 1. The monoisotopic (exact) mass is 396 g/mol. The van der Waals surface area contributed by atoms with Crippen LogP contribution in [0.1, 0.15) is 71.6 Å². The Balaban J connectivity index is 1.54. The molecule has 0 spiro atoms. The van der Waals surface area contributed by atoms with E-state index in [0.29, 0.717) is 17.0 Å². The molecule has 4 aliphatic rings. The van der Waals surface area contributed by atoms with Crippen LogP contribution < -0.4 is 0 Å². The Bertz CT molecular complexity index is 516. The number of ketones is 1. The minimum atomic E-state index is -0.419. The van der Waals surface area contributed by atoms with Crippen LogP contribution in [0.15, 0.2) is 0 Å². The van der Waals surface area contributed by atoms with Crippen molar-refractivity contribution in [1.29, 1.82) is 0 Å². The predicted molar refractivity (Wildman–Crippen MR) is 100 cm³/mol. The number of halogens is 1. The number of aliphatic hydroxyl groups is 1. The Hall–Kier alpha value is 0.110. The molecule has 4 fully saturated rings. The van der Waals surface area contributed by atoms with Crippen molar-refractivity contribution >= 4 is 21.7 Å². The lowest BCUT2D eigenvalue weighted by Crippen LogP contribution is -2.51. The highest BCUT2D eigenvalue weighted by Gasteiger charge is 2.58. The van der Waals surface area contributed by atoms with Crippen LogP contribution in [-0.2, 0) is 4.79 Å². The third-order valence-corrected chi connectivity index (χ3v) is 9.31. The zero-order valence-electron chi connectivity index (χ0n) is 15.3. The lowest BCUT2D eigenvalue weighted by molar-refractivity contribution is -0.129. The van der Waals surface area contributed by atoms with Gasteiger partial charge in [-0.2, -0.15) is 0 Å². The second-order valence-electron chi connectivity index (χ2n) is 9.95. The second kappa shape index (κ2) is 6.08. The molecule has 0 aromatic carbocycles. The number of carbonyl (C=O) groups is 1. The van der Waals surface area contributed by atoms with E-state index in [1.54, 1.807) is 0 Å². The van der Waals surface area contributed by atoms with Crippen LogP contribution in [0.3, 0.4) is 0 Å². The Kier molecular flexibility index (Phi) is 4.44. The zero-order valence-corrected chi connectivity index (χ0v) is 16.9. The van der Waals surface area contributed by atoms with E-state index in [0.717, 1.165) is 48.9 Å². The van der Waals surface area contributed by atoms with Gasteiger partial charge in [-0.25, -0.2) is 0 Å². The Labute approximate surface area is 155 Å². The number of hydrogen-bond acceptors (Lipinski definition) is 2. The molecule has 136 valence electrons. The third kappa shape index (κ3) is 2.64. The Morgan fingerprint density at radius 1 is 1.00 bits per heavy atom. The van der Waals surface area contributed by atoms with Gasteiger partial charge in [0.15, 0.2) is 0 Å². The minimum Gasteiger partial charge on any atom is -0.390 e. The van der Waals surface area contributed by atoms with Crippen molar-refractivity contribution in [3.05, 3.63) is 0 Å². The largest absolute Gasteiger partial charge is 0.390 e. The molecule has 0 bridgehead atoms. The smallest absolute Gasteiger partial charge is 0.147 e. The SMILES string of the molecule is C[C@@]1(O)CCC2[C@@H](CCC3[C@@H]2CC[C@]2(C)[C@@H](C(=O)CBr)CC[C@@H]32)C1. The van der Waals surface area contributed by atoms with Gasteiger partial charge in [-0.3, -0.25) is 4.79 Å². The van der Waals surface area contributed by atoms with Crippen LogP contribution in [0.4, 0.5) is 0 Å². The molecule has 0 saturated heterocycles. The van der Waals surface area contributed by atoms with E-state index < -0.39 is 5.60 Å². The number of Topliss-reactive ketones (excluding diaryl/α,β-unsaturated/α-hetero) is 1. The minimum absolute atomic E-state index is 0.263. The highest BCUT2D eigenvalue weighted by Crippen LogP contribution is 2.64. The molecule has 0 heterocycles. The molecule has 2 nitrogen and oxygen atoms in total. The maximum atomic E-state index is 12.5. The highest BCUT2D eigenvalue weighted by atomic mass is 79.9. The first-order valence-electron chi connectivity index (χ1n) is 10.2. The summed E-state index contributed by atoms with van der Waals surface area (Å²) in [5, 5.41) is 11.0. The van der Waals surface area contributed by atoms with Gasteiger partial charge in [-0.05, 0) is 99.7 Å². The van der Waals surface area contributed by atoms with E-state index >= 15 is 0 Å². The molecular formula is C21H33BrO2. The fourth-order valence-electron chi connectivity index (χ4n) is 7.70. The molecule has 3 heteroatoms. The third-order valence-electron chi connectivity index (χ3n) is 8.76. The summed E-state index contributed by atoms with van der Waals surface area (Å²) in [7, 11) is 0. The molecule has 1 N–H and O–H groups in total. The summed E-state index contributed by atoms with van der Waals surface area (Å²) in [5.74, 6) is 4.83. The summed E-state index contributed by atoms with van der Waals surface area (Å²) in [4.78, 5) is 12.5. The van der Waals surface area contributed by atoms with Crippen LogP contribution >= 0.6 is 15.9 Å². The van der Waals surface area contributed by atoms with Gasteiger partial charge in [0.1, 0.15) is 5.78 Å². The van der Waals surface area contributed by atoms with Crippen molar-refractivity contribution in [1.82, 2.24) is 0 Å². The molecular weight excluding hydrogens is 364 g/mol. The van der Waals surface area contributed by atoms with Crippen molar-refractivity contribution in [3.8, 4) is 0 Å². The van der Waals surface area contributed by atoms with Crippen LogP contribution in [0.2, 0.25) is 0 Å². The maximum Gasteiger partial charge on any atom is 0.147 e. The molecule has 8 atom stereocenters. The number of fused-ring (bicyclic) bond motifs is 5. The molecule has 0 aromatic heterocycles. The van der Waals surface area contributed by atoms with E-state index in [-0.39, 0.29) is 5.41 Å². The van der Waals surface area contributed by atoms with Gasteiger partial charge < -0.3 is 5.11 Å². The van der Waals surface area contributed by atoms with Gasteiger partial charge in [0.2, 0.25) is 0 Å². The van der Waals surface area contributed by atoms with Gasteiger partial charge in [0.05, 0.1) is 10.9 Å². The molecule has 4 saturated carbocycles. The van der Waals surface area contributed by atoms with Crippen LogP contribution in [0.25, 0.3) is 0 Å². The first-order valence-corrected chi connectivity index (χ1v) is 11.3. The number of rotatable bonds is 2. The summed E-state index contributed by atoms with van der Waals surface area (Å²) < 4.78 is 0. The molecule has 2 unspecified atom stereocenters. The zero-order chi connectivity index (χ0) is 17.1. The van der Waals surface area contributed by atoms with Crippen LogP contribution in [0.5, 0.6) is 0 Å². The van der Waals surface area contributed by atoms with Gasteiger partial charge >= 0.3 is 0 Å². The lowest BCUT2D eigenvalue weighted by Gasteiger charge is -2.56. The van der Waals surface area contributed by atoms with E-state index in [2.05, 4.69) is 22.9 Å². The topological polar surface area (TPSA) is 37.3 Å². The summed E-state index contributed by atoms with van der Waals surface area (Å²) in [6.45, 7) is 4.48. The van der Waals surface area contributed by atoms with Crippen molar-refractivity contribution in [2.75, 3.05) is 5.33 Å². The fraction of sp³-hybridized carbons (Fsp3) is 0.952. The normalized spacial score (nSPS) is 53.8. The maximum absolute atomic E-state index is 12.5. The quantitative estimate of drug-likeness (QED) is 0.668. The Morgan fingerprint density at radius 2 is 1.75 bits per heavy atom. The average Bonchev–Trinajstić information content (AvgIpc) is 2.90. The van der Waals surface area contributed by atoms with E-state index in [9.17, 15) is 9.90 Å². The average molecular weight is 397 g/mol. The molecule has 0 aromatic rings. The molecule has 0 amide bonds. The van der Waals surface area contributed by atoms with Crippen LogP contribution in [0, 0.1) is 40.9 Å². The molecule has 4 aliphatic carbocycles. The summed E-state index contributed by atoms with van der Waals surface area (Å²) in [6.07, 6.45) is 10.9. The van der Waals surface area contributed by atoms with E-state index in [1.165, 1.54) is 38.5 Å². The first-order chi connectivity index (χ1) is 11.4. The summed E-state index contributed by atoms with van der Waals surface area (Å²) >= 11 is 3.42. The van der Waals surface area contributed by atoms with Crippen molar-refractivity contribution in [3.63, 3.8) is 0 Å². The highest BCUT2D eigenvalue weighted by molar-refractivity contribution is 9.09. The van der Waals surface area contributed by atoms with Gasteiger partial charge in [0.25, 0.3) is 0 Å². The summed E-state index contributed by atoms with van der Waals surface area (Å²) in [6, 6.07) is 0. The second-order valence-corrected chi connectivity index (χ2v) is 10.5.